The standard InChI is InChI=1S/C15H10FNO5/c1-21-11-7-6-10(17(19)20)12-13(11)14(22-15(12)18)8-2-4-9(16)5-3-8/h2-7,14H,1H3. The predicted molar refractivity (Wildman–Crippen MR) is 73.3 cm³/mol. The topological polar surface area (TPSA) is 78.7 Å². The number of carbonyl (C=O) groups is 1. The van der Waals surface area contributed by atoms with Crippen LogP contribution >= 0.6 is 0 Å². The number of nitro benzene ring substituents is 1. The number of nitrogens with zero attached hydrogens (tertiary/aromatic N) is 1. The van der Waals surface area contributed by atoms with E-state index in [4.69, 9.17) is 9.47 Å². The summed E-state index contributed by atoms with van der Waals surface area (Å²) in [6, 6.07) is 7.98. The van der Waals surface area contributed by atoms with Crippen LogP contribution in [-0.2, 0) is 4.74 Å². The molecule has 0 aromatic heterocycles. The summed E-state index contributed by atoms with van der Waals surface area (Å²) in [4.78, 5) is 22.5. The number of hydrogen-bond acceptors (Lipinski definition) is 5. The van der Waals surface area contributed by atoms with Crippen molar-refractivity contribution in [2.75, 3.05) is 7.11 Å². The van der Waals surface area contributed by atoms with Crippen LogP contribution in [-0.4, -0.2) is 18.0 Å². The van der Waals surface area contributed by atoms with Gasteiger partial charge in [0.15, 0.2) is 6.10 Å². The van der Waals surface area contributed by atoms with E-state index in [-0.39, 0.29) is 16.8 Å². The molecule has 0 N–H and O–H groups in total. The van der Waals surface area contributed by atoms with Crippen LogP contribution in [0.25, 0.3) is 0 Å². The van der Waals surface area contributed by atoms with Crippen LogP contribution in [0, 0.1) is 15.9 Å². The van der Waals surface area contributed by atoms with E-state index in [1.54, 1.807) is 0 Å². The highest BCUT2D eigenvalue weighted by atomic mass is 19.1. The number of methoxy groups -OCH3 is 1. The lowest BCUT2D eigenvalue weighted by Gasteiger charge is -2.13. The number of carbonyl (C=O) groups excluding carboxylic acids is 1. The van der Waals surface area contributed by atoms with Crippen LogP contribution in [0.2, 0.25) is 0 Å². The van der Waals surface area contributed by atoms with Crippen LogP contribution in [0.15, 0.2) is 36.4 Å². The fraction of sp³-hybridized carbons (Fsp3) is 0.133. The molecule has 2 aromatic rings. The molecule has 0 bridgehead atoms. The number of esters is 1. The summed E-state index contributed by atoms with van der Waals surface area (Å²) in [6.45, 7) is 0. The molecule has 0 saturated carbocycles. The number of nitro groups is 1. The molecule has 1 unspecified atom stereocenters. The van der Waals surface area contributed by atoms with Crippen molar-refractivity contribution in [2.45, 2.75) is 6.10 Å². The molecule has 0 spiro atoms. The average Bonchev–Trinajstić information content (AvgIpc) is 2.85. The first-order valence-corrected chi connectivity index (χ1v) is 6.34. The van der Waals surface area contributed by atoms with Gasteiger partial charge in [0.05, 0.1) is 17.6 Å². The lowest BCUT2D eigenvalue weighted by Crippen LogP contribution is -2.02. The Labute approximate surface area is 124 Å². The number of benzene rings is 2. The van der Waals surface area contributed by atoms with Crippen LogP contribution in [0.1, 0.15) is 27.6 Å². The molecular weight excluding hydrogens is 293 g/mol. The Morgan fingerprint density at radius 3 is 2.50 bits per heavy atom. The second-order valence-corrected chi connectivity index (χ2v) is 4.67. The molecule has 6 nitrogen and oxygen atoms in total. The third-order valence-corrected chi connectivity index (χ3v) is 3.46. The van der Waals surface area contributed by atoms with Crippen LogP contribution in [0.4, 0.5) is 10.1 Å². The third-order valence-electron chi connectivity index (χ3n) is 3.46. The first-order chi connectivity index (χ1) is 10.5. The minimum atomic E-state index is -0.863. The maximum absolute atomic E-state index is 13.0. The van der Waals surface area contributed by atoms with Gasteiger partial charge in [0.1, 0.15) is 17.1 Å². The third kappa shape index (κ3) is 2.07. The van der Waals surface area contributed by atoms with Crippen LogP contribution in [0.3, 0.4) is 0 Å². The van der Waals surface area contributed by atoms with Gasteiger partial charge in [-0.3, -0.25) is 10.1 Å². The number of halogens is 1. The molecule has 0 aliphatic carbocycles. The molecular formula is C15H10FNO5. The Hall–Kier alpha value is -2.96. The number of hydrogen-bond donors (Lipinski definition) is 0. The van der Waals surface area contributed by atoms with Crippen molar-refractivity contribution in [3.63, 3.8) is 0 Å². The summed E-state index contributed by atoms with van der Waals surface area (Å²) < 4.78 is 23.5. The number of rotatable bonds is 3. The summed E-state index contributed by atoms with van der Waals surface area (Å²) >= 11 is 0. The molecule has 1 atom stereocenters. The molecule has 112 valence electrons. The lowest BCUT2D eigenvalue weighted by molar-refractivity contribution is -0.385. The van der Waals surface area contributed by atoms with Gasteiger partial charge in [0.2, 0.25) is 0 Å². The molecule has 1 heterocycles. The number of fused-ring (bicyclic) bond motifs is 1. The van der Waals surface area contributed by atoms with Gasteiger partial charge in [-0.05, 0) is 23.8 Å². The fourth-order valence-electron chi connectivity index (χ4n) is 2.49. The van der Waals surface area contributed by atoms with E-state index in [0.29, 0.717) is 11.3 Å². The summed E-state index contributed by atoms with van der Waals surface area (Å²) in [5.74, 6) is -0.921. The molecule has 0 radical (unpaired) electrons. The largest absolute Gasteiger partial charge is 0.496 e. The van der Waals surface area contributed by atoms with Gasteiger partial charge < -0.3 is 9.47 Å². The molecule has 1 aliphatic rings. The highest BCUT2D eigenvalue weighted by Crippen LogP contribution is 2.44. The zero-order valence-corrected chi connectivity index (χ0v) is 11.4. The Morgan fingerprint density at radius 1 is 1.23 bits per heavy atom. The summed E-state index contributed by atoms with van der Waals surface area (Å²) in [5.41, 5.74) is 0.324. The highest BCUT2D eigenvalue weighted by Gasteiger charge is 2.41. The Bertz CT molecular complexity index is 772. The normalized spacial score (nSPS) is 16.1. The van der Waals surface area contributed by atoms with Crippen molar-refractivity contribution in [1.82, 2.24) is 0 Å². The minimum absolute atomic E-state index is 0.126. The van der Waals surface area contributed by atoms with Crippen LogP contribution in [0.5, 0.6) is 5.75 Å². The molecule has 3 rings (SSSR count). The van der Waals surface area contributed by atoms with Crippen molar-refractivity contribution in [3.8, 4) is 5.75 Å². The molecule has 2 aromatic carbocycles. The van der Waals surface area contributed by atoms with E-state index in [1.807, 2.05) is 0 Å². The van der Waals surface area contributed by atoms with E-state index in [0.717, 1.165) is 0 Å². The van der Waals surface area contributed by atoms with Gasteiger partial charge in [0, 0.05) is 6.07 Å². The van der Waals surface area contributed by atoms with Gasteiger partial charge in [0.25, 0.3) is 5.69 Å². The van der Waals surface area contributed by atoms with E-state index in [9.17, 15) is 19.3 Å². The first-order valence-electron chi connectivity index (χ1n) is 6.34. The summed E-state index contributed by atoms with van der Waals surface area (Å²) in [7, 11) is 1.39. The van der Waals surface area contributed by atoms with Crippen molar-refractivity contribution >= 4 is 11.7 Å². The van der Waals surface area contributed by atoms with Crippen molar-refractivity contribution < 1.29 is 23.6 Å². The average molecular weight is 303 g/mol. The molecule has 22 heavy (non-hydrogen) atoms. The van der Waals surface area contributed by atoms with E-state index in [1.165, 1.54) is 43.5 Å². The Morgan fingerprint density at radius 2 is 1.91 bits per heavy atom. The SMILES string of the molecule is COc1ccc([N+](=O)[O-])c2c1C(c1ccc(F)cc1)OC2=O. The zero-order chi connectivity index (χ0) is 15.9. The Kier molecular flexibility index (Phi) is 3.25. The highest BCUT2D eigenvalue weighted by molar-refractivity contribution is 5.99. The summed E-state index contributed by atoms with van der Waals surface area (Å²) in [6.07, 6.45) is -0.863. The number of cyclic esters (lactones) is 1. The second-order valence-electron chi connectivity index (χ2n) is 4.67. The molecule has 7 heteroatoms. The fourth-order valence-corrected chi connectivity index (χ4v) is 2.49. The van der Waals surface area contributed by atoms with Gasteiger partial charge in [-0.1, -0.05) is 12.1 Å². The molecule has 0 fully saturated rings. The van der Waals surface area contributed by atoms with Crippen molar-refractivity contribution in [1.29, 1.82) is 0 Å². The Balaban J connectivity index is 2.21. The van der Waals surface area contributed by atoms with Gasteiger partial charge >= 0.3 is 5.97 Å². The van der Waals surface area contributed by atoms with E-state index in [2.05, 4.69) is 0 Å². The molecule has 0 saturated heterocycles. The maximum atomic E-state index is 13.0. The minimum Gasteiger partial charge on any atom is -0.496 e. The zero-order valence-electron chi connectivity index (χ0n) is 11.4. The van der Waals surface area contributed by atoms with Crippen molar-refractivity contribution in [2.24, 2.45) is 0 Å². The van der Waals surface area contributed by atoms with Gasteiger partial charge in [-0.15, -0.1) is 0 Å². The second kappa shape index (κ2) is 5.10. The molecule has 0 amide bonds. The summed E-state index contributed by atoms with van der Waals surface area (Å²) in [5, 5.41) is 11.1. The quantitative estimate of drug-likeness (QED) is 0.495. The monoisotopic (exact) mass is 303 g/mol. The van der Waals surface area contributed by atoms with Crippen LogP contribution < -0.4 is 4.74 Å². The van der Waals surface area contributed by atoms with E-state index >= 15 is 0 Å². The molecule has 1 aliphatic heterocycles. The smallest absolute Gasteiger partial charge is 0.346 e. The van der Waals surface area contributed by atoms with Gasteiger partial charge in [-0.25, -0.2) is 9.18 Å². The lowest BCUT2D eigenvalue weighted by atomic mass is 9.97. The first kappa shape index (κ1) is 14.0. The van der Waals surface area contributed by atoms with Gasteiger partial charge in [-0.2, -0.15) is 0 Å². The number of ether oxygens (including phenoxy) is 2. The van der Waals surface area contributed by atoms with E-state index < -0.39 is 22.8 Å². The predicted octanol–water partition coefficient (Wildman–Crippen LogP) is 3.00. The van der Waals surface area contributed by atoms with Crippen molar-refractivity contribution in [3.05, 3.63) is 69.0 Å². The maximum Gasteiger partial charge on any atom is 0.346 e.